The first kappa shape index (κ1) is 16.6. The molecule has 1 aromatic heterocycles. The number of benzene rings is 2. The number of anilines is 1. The highest BCUT2D eigenvalue weighted by Gasteiger charge is 2.14. The Morgan fingerprint density at radius 1 is 1.08 bits per heavy atom. The van der Waals surface area contributed by atoms with Crippen LogP contribution in [0, 0.1) is 11.3 Å². The van der Waals surface area contributed by atoms with Crippen LogP contribution >= 0.6 is 27.5 Å². The van der Waals surface area contributed by atoms with Crippen molar-refractivity contribution < 1.29 is 0 Å². The first-order valence-corrected chi connectivity index (χ1v) is 8.61. The van der Waals surface area contributed by atoms with Crippen molar-refractivity contribution in [2.75, 3.05) is 5.73 Å². The van der Waals surface area contributed by atoms with E-state index < -0.39 is 0 Å². The van der Waals surface area contributed by atoms with Gasteiger partial charge >= 0.3 is 0 Å². The number of hydrogen-bond donors (Lipinski definition) is 1. The van der Waals surface area contributed by atoms with Gasteiger partial charge in [0.1, 0.15) is 11.8 Å². The van der Waals surface area contributed by atoms with E-state index in [0.29, 0.717) is 29.4 Å². The molecule has 2 aromatic carbocycles. The van der Waals surface area contributed by atoms with Crippen molar-refractivity contribution in [3.05, 3.63) is 86.6 Å². The van der Waals surface area contributed by atoms with E-state index in [9.17, 15) is 5.26 Å². The zero-order valence-electron chi connectivity index (χ0n) is 12.8. The molecule has 3 nitrogen and oxygen atoms in total. The largest absolute Gasteiger partial charge is 0.397 e. The van der Waals surface area contributed by atoms with Crippen LogP contribution in [0.25, 0.3) is 0 Å². The SMILES string of the molecule is N#Cc1cc(N)c(Cc2cccc(Cl)c2)n1Cc1ccc(Br)cc1. The molecular formula is C19H15BrClN3. The molecule has 0 bridgehead atoms. The van der Waals surface area contributed by atoms with Crippen LogP contribution in [0.3, 0.4) is 0 Å². The van der Waals surface area contributed by atoms with Gasteiger partial charge in [-0.15, -0.1) is 0 Å². The Kier molecular flexibility index (Phi) is 4.94. The van der Waals surface area contributed by atoms with E-state index in [2.05, 4.69) is 22.0 Å². The van der Waals surface area contributed by atoms with E-state index in [-0.39, 0.29) is 0 Å². The Morgan fingerprint density at radius 3 is 2.50 bits per heavy atom. The maximum Gasteiger partial charge on any atom is 0.122 e. The van der Waals surface area contributed by atoms with E-state index in [0.717, 1.165) is 21.3 Å². The van der Waals surface area contributed by atoms with Gasteiger partial charge in [-0.2, -0.15) is 5.26 Å². The van der Waals surface area contributed by atoms with Gasteiger partial charge in [0, 0.05) is 28.2 Å². The Hall–Kier alpha value is -2.22. The third-order valence-electron chi connectivity index (χ3n) is 3.87. The highest BCUT2D eigenvalue weighted by molar-refractivity contribution is 9.10. The van der Waals surface area contributed by atoms with Gasteiger partial charge < -0.3 is 10.3 Å². The first-order valence-electron chi connectivity index (χ1n) is 7.43. The van der Waals surface area contributed by atoms with Crippen molar-refractivity contribution in [2.24, 2.45) is 0 Å². The molecule has 0 aliphatic rings. The van der Waals surface area contributed by atoms with Crippen molar-refractivity contribution in [1.29, 1.82) is 5.26 Å². The standard InChI is InChI=1S/C19H15BrClN3/c20-15-6-4-13(5-7-15)12-24-17(11-22)10-18(23)19(24)9-14-2-1-3-16(21)8-14/h1-8,10H,9,12,23H2. The fourth-order valence-electron chi connectivity index (χ4n) is 2.69. The molecule has 0 fully saturated rings. The molecule has 120 valence electrons. The summed E-state index contributed by atoms with van der Waals surface area (Å²) in [6, 6.07) is 19.7. The van der Waals surface area contributed by atoms with Gasteiger partial charge in [0.05, 0.1) is 5.69 Å². The normalized spacial score (nSPS) is 10.5. The molecule has 0 saturated carbocycles. The number of nitrogen functional groups attached to an aromatic ring is 1. The fraction of sp³-hybridized carbons (Fsp3) is 0.105. The number of aromatic nitrogens is 1. The summed E-state index contributed by atoms with van der Waals surface area (Å²) in [5, 5.41) is 10.1. The van der Waals surface area contributed by atoms with E-state index in [1.165, 1.54) is 0 Å². The molecule has 0 radical (unpaired) electrons. The number of halogens is 2. The molecule has 3 rings (SSSR count). The van der Waals surface area contributed by atoms with Crippen molar-refractivity contribution in [3.8, 4) is 6.07 Å². The van der Waals surface area contributed by atoms with Crippen LogP contribution in [0.1, 0.15) is 22.5 Å². The number of rotatable bonds is 4. The van der Waals surface area contributed by atoms with Crippen LogP contribution in [-0.4, -0.2) is 4.57 Å². The van der Waals surface area contributed by atoms with Crippen molar-refractivity contribution in [3.63, 3.8) is 0 Å². The molecule has 0 atom stereocenters. The highest BCUT2D eigenvalue weighted by Crippen LogP contribution is 2.24. The lowest BCUT2D eigenvalue weighted by atomic mass is 10.1. The lowest BCUT2D eigenvalue weighted by Gasteiger charge is -2.12. The molecule has 5 heteroatoms. The zero-order chi connectivity index (χ0) is 17.1. The maximum atomic E-state index is 9.43. The maximum absolute atomic E-state index is 9.43. The summed E-state index contributed by atoms with van der Waals surface area (Å²) in [7, 11) is 0. The number of nitrogens with zero attached hydrogens (tertiary/aromatic N) is 2. The average Bonchev–Trinajstić information content (AvgIpc) is 2.85. The van der Waals surface area contributed by atoms with Crippen LogP contribution in [0.4, 0.5) is 5.69 Å². The third-order valence-corrected chi connectivity index (χ3v) is 4.63. The predicted octanol–water partition coefficient (Wildman–Crippen LogP) is 5.00. The summed E-state index contributed by atoms with van der Waals surface area (Å²) in [5.74, 6) is 0. The molecule has 3 aromatic rings. The van der Waals surface area contributed by atoms with Crippen molar-refractivity contribution >= 4 is 33.2 Å². The molecule has 2 N–H and O–H groups in total. The first-order chi connectivity index (χ1) is 11.6. The average molecular weight is 401 g/mol. The molecule has 1 heterocycles. The molecule has 0 spiro atoms. The second-order valence-corrected chi connectivity index (χ2v) is 6.91. The predicted molar refractivity (Wildman–Crippen MR) is 101 cm³/mol. The molecule has 0 amide bonds. The molecule has 24 heavy (non-hydrogen) atoms. The van der Waals surface area contributed by atoms with Crippen LogP contribution in [0.15, 0.2) is 59.1 Å². The van der Waals surface area contributed by atoms with Crippen molar-refractivity contribution in [2.45, 2.75) is 13.0 Å². The van der Waals surface area contributed by atoms with Crippen LogP contribution in [0.2, 0.25) is 5.02 Å². The minimum absolute atomic E-state index is 0.562. The minimum Gasteiger partial charge on any atom is -0.397 e. The van der Waals surface area contributed by atoms with E-state index in [4.69, 9.17) is 17.3 Å². The lowest BCUT2D eigenvalue weighted by molar-refractivity contribution is 0.749. The summed E-state index contributed by atoms with van der Waals surface area (Å²) >= 11 is 9.51. The van der Waals surface area contributed by atoms with Gasteiger partial charge in [0.15, 0.2) is 0 Å². The van der Waals surface area contributed by atoms with E-state index in [1.54, 1.807) is 6.07 Å². The monoisotopic (exact) mass is 399 g/mol. The van der Waals surface area contributed by atoms with Crippen LogP contribution in [0.5, 0.6) is 0 Å². The van der Waals surface area contributed by atoms with Gasteiger partial charge in [-0.25, -0.2) is 0 Å². The highest BCUT2D eigenvalue weighted by atomic mass is 79.9. The Bertz CT molecular complexity index is 907. The Labute approximate surface area is 154 Å². The van der Waals surface area contributed by atoms with Crippen LogP contribution in [-0.2, 0) is 13.0 Å². The molecule has 0 aliphatic heterocycles. The lowest BCUT2D eigenvalue weighted by Crippen LogP contribution is -2.08. The van der Waals surface area contributed by atoms with E-state index in [1.807, 2.05) is 53.1 Å². The van der Waals surface area contributed by atoms with Crippen molar-refractivity contribution in [1.82, 2.24) is 4.57 Å². The van der Waals surface area contributed by atoms with Gasteiger partial charge in [-0.05, 0) is 41.5 Å². The van der Waals surface area contributed by atoms with Crippen LogP contribution < -0.4 is 5.73 Å². The summed E-state index contributed by atoms with van der Waals surface area (Å²) < 4.78 is 3.00. The summed E-state index contributed by atoms with van der Waals surface area (Å²) in [6.07, 6.45) is 0.630. The van der Waals surface area contributed by atoms with Gasteiger partial charge in [-0.1, -0.05) is 51.8 Å². The fourth-order valence-corrected chi connectivity index (χ4v) is 3.17. The topological polar surface area (TPSA) is 54.7 Å². The second kappa shape index (κ2) is 7.12. The molecule has 0 saturated heterocycles. The summed E-state index contributed by atoms with van der Waals surface area (Å²) in [6.45, 7) is 0.600. The number of hydrogen-bond acceptors (Lipinski definition) is 2. The molecule has 0 aliphatic carbocycles. The Morgan fingerprint density at radius 2 is 1.83 bits per heavy atom. The third kappa shape index (κ3) is 3.64. The zero-order valence-corrected chi connectivity index (χ0v) is 15.2. The Balaban J connectivity index is 1.98. The van der Waals surface area contributed by atoms with E-state index >= 15 is 0 Å². The second-order valence-electron chi connectivity index (χ2n) is 5.56. The summed E-state index contributed by atoms with van der Waals surface area (Å²) in [5.41, 5.74) is 10.5. The summed E-state index contributed by atoms with van der Waals surface area (Å²) in [4.78, 5) is 0. The minimum atomic E-state index is 0.562. The smallest absolute Gasteiger partial charge is 0.122 e. The molecular weight excluding hydrogens is 386 g/mol. The number of nitriles is 1. The van der Waals surface area contributed by atoms with Gasteiger partial charge in [-0.3, -0.25) is 0 Å². The van der Waals surface area contributed by atoms with Gasteiger partial charge in [0.2, 0.25) is 0 Å². The quantitative estimate of drug-likeness (QED) is 0.670. The molecule has 0 unspecified atom stereocenters. The number of nitrogens with two attached hydrogens (primary N) is 1. The van der Waals surface area contributed by atoms with Gasteiger partial charge in [0.25, 0.3) is 0 Å².